The van der Waals surface area contributed by atoms with Crippen molar-refractivity contribution in [1.29, 1.82) is 0 Å². The van der Waals surface area contributed by atoms with Gasteiger partial charge in [0.15, 0.2) is 0 Å². The van der Waals surface area contributed by atoms with Crippen LogP contribution < -0.4 is 4.43 Å². The second-order valence-corrected chi connectivity index (χ2v) is 11.1. The molecule has 0 spiro atoms. The zero-order valence-electron chi connectivity index (χ0n) is 14.4. The molecular formula is C17H29BrOSi. The number of halogens is 1. The molecule has 0 N–H and O–H groups in total. The minimum absolute atomic E-state index is 0.0653. The predicted octanol–water partition coefficient (Wildman–Crippen LogP) is 5.71. The quantitative estimate of drug-likeness (QED) is 0.616. The topological polar surface area (TPSA) is 9.23 Å². The fraction of sp³-hybridized carbons (Fsp3) is 0.647. The van der Waals surface area contributed by atoms with Gasteiger partial charge in [0.05, 0.1) is 0 Å². The van der Waals surface area contributed by atoms with E-state index in [-0.39, 0.29) is 10.8 Å². The Morgan fingerprint density at radius 2 is 1.40 bits per heavy atom. The minimum atomic E-state index is -1.13. The van der Waals surface area contributed by atoms with E-state index in [4.69, 9.17) is 4.43 Å². The molecule has 1 aromatic carbocycles. The van der Waals surface area contributed by atoms with Gasteiger partial charge < -0.3 is 4.43 Å². The molecule has 0 aliphatic heterocycles. The third-order valence-electron chi connectivity index (χ3n) is 3.27. The molecule has 0 atom stereocenters. The number of benzene rings is 1. The summed E-state index contributed by atoms with van der Waals surface area (Å²) >= 11 is 3.78. The zero-order chi connectivity index (χ0) is 15.9. The van der Waals surface area contributed by atoms with Crippen molar-refractivity contribution >= 4 is 25.0 Å². The molecule has 1 aromatic rings. The van der Waals surface area contributed by atoms with Gasteiger partial charge in [-0.05, 0) is 48.0 Å². The van der Waals surface area contributed by atoms with Crippen LogP contribution in [-0.4, -0.2) is 9.04 Å². The molecular weight excluding hydrogens is 328 g/mol. The maximum Gasteiger partial charge on any atom is 0.229 e. The van der Waals surface area contributed by atoms with E-state index >= 15 is 0 Å². The lowest BCUT2D eigenvalue weighted by Gasteiger charge is -2.34. The van der Waals surface area contributed by atoms with Crippen LogP contribution in [0.4, 0.5) is 0 Å². The maximum absolute atomic E-state index is 6.31. The molecule has 0 radical (unpaired) electrons. The van der Waals surface area contributed by atoms with Crippen molar-refractivity contribution in [1.82, 2.24) is 0 Å². The van der Waals surface area contributed by atoms with Crippen molar-refractivity contribution in [3.8, 4) is 5.75 Å². The maximum atomic E-state index is 6.31. The van der Waals surface area contributed by atoms with Crippen molar-refractivity contribution in [2.45, 2.75) is 72.4 Å². The van der Waals surface area contributed by atoms with Crippen LogP contribution in [0.25, 0.3) is 0 Å². The standard InChI is InChI=1S/C17H29BrOSi/c1-11-10-12(18)13(16(2,3)4)14(17(5,6)7)15(11)19-20(8)9/h10,20H,1-9H3. The van der Waals surface area contributed by atoms with E-state index < -0.39 is 9.04 Å². The van der Waals surface area contributed by atoms with Gasteiger partial charge in [0.2, 0.25) is 9.04 Å². The van der Waals surface area contributed by atoms with Crippen molar-refractivity contribution in [3.05, 3.63) is 27.2 Å². The highest BCUT2D eigenvalue weighted by molar-refractivity contribution is 9.10. The van der Waals surface area contributed by atoms with Gasteiger partial charge in [-0.15, -0.1) is 0 Å². The second kappa shape index (κ2) is 5.84. The molecule has 0 amide bonds. The van der Waals surface area contributed by atoms with Gasteiger partial charge in [-0.2, -0.15) is 0 Å². The van der Waals surface area contributed by atoms with Crippen molar-refractivity contribution in [2.24, 2.45) is 0 Å². The SMILES string of the molecule is Cc1cc(Br)c(C(C)(C)C)c(C(C)(C)C)c1O[SiH](C)C. The molecule has 0 aliphatic rings. The summed E-state index contributed by atoms with van der Waals surface area (Å²) in [7, 11) is -1.13. The Labute approximate surface area is 135 Å². The zero-order valence-corrected chi connectivity index (χ0v) is 17.2. The molecule has 0 saturated carbocycles. The number of rotatable bonds is 2. The third-order valence-corrected chi connectivity index (χ3v) is 4.60. The number of aryl methyl sites for hydroxylation is 1. The summed E-state index contributed by atoms with van der Waals surface area (Å²) in [6.07, 6.45) is 0. The fourth-order valence-electron chi connectivity index (χ4n) is 2.59. The summed E-state index contributed by atoms with van der Waals surface area (Å²) < 4.78 is 7.51. The van der Waals surface area contributed by atoms with Crippen molar-refractivity contribution < 1.29 is 4.43 Å². The lowest BCUT2D eigenvalue weighted by molar-refractivity contribution is 0.486. The molecule has 1 nitrogen and oxygen atoms in total. The van der Waals surface area contributed by atoms with E-state index in [1.807, 2.05) is 0 Å². The summed E-state index contributed by atoms with van der Waals surface area (Å²) in [5.74, 6) is 1.12. The van der Waals surface area contributed by atoms with Crippen LogP contribution in [0.5, 0.6) is 5.75 Å². The van der Waals surface area contributed by atoms with Gasteiger partial charge in [0.25, 0.3) is 0 Å². The van der Waals surface area contributed by atoms with E-state index in [1.165, 1.54) is 21.2 Å². The normalized spacial score (nSPS) is 12.9. The highest BCUT2D eigenvalue weighted by Crippen LogP contribution is 2.45. The van der Waals surface area contributed by atoms with Crippen LogP contribution in [-0.2, 0) is 10.8 Å². The molecule has 0 aromatic heterocycles. The first-order valence-corrected chi connectivity index (χ1v) is 10.9. The van der Waals surface area contributed by atoms with Crippen LogP contribution >= 0.6 is 15.9 Å². The van der Waals surface area contributed by atoms with Gasteiger partial charge in [-0.3, -0.25) is 0 Å². The molecule has 114 valence electrons. The number of hydrogen-bond donors (Lipinski definition) is 0. The summed E-state index contributed by atoms with van der Waals surface area (Å²) in [6.45, 7) is 20.2. The first-order chi connectivity index (χ1) is 8.85. The number of hydrogen-bond acceptors (Lipinski definition) is 1. The van der Waals surface area contributed by atoms with E-state index in [1.54, 1.807) is 0 Å². The molecule has 0 bridgehead atoms. The summed E-state index contributed by atoms with van der Waals surface area (Å²) in [4.78, 5) is 0. The minimum Gasteiger partial charge on any atom is -0.547 e. The van der Waals surface area contributed by atoms with E-state index in [2.05, 4.69) is 83.6 Å². The first-order valence-electron chi connectivity index (χ1n) is 7.36. The summed E-state index contributed by atoms with van der Waals surface area (Å²) in [5, 5.41) is 0. The molecule has 0 fully saturated rings. The molecule has 3 heteroatoms. The van der Waals surface area contributed by atoms with Gasteiger partial charge >= 0.3 is 0 Å². The lowest BCUT2D eigenvalue weighted by Crippen LogP contribution is -2.26. The van der Waals surface area contributed by atoms with Gasteiger partial charge in [0, 0.05) is 10.0 Å². The van der Waals surface area contributed by atoms with Crippen LogP contribution in [0, 0.1) is 6.92 Å². The second-order valence-electron chi connectivity index (χ2n) is 7.92. The molecule has 0 saturated heterocycles. The molecule has 1 rings (SSSR count). The Hall–Kier alpha value is -0.283. The Morgan fingerprint density at radius 1 is 0.950 bits per heavy atom. The Balaban J connectivity index is 3.76. The van der Waals surface area contributed by atoms with Gasteiger partial charge in [-0.25, -0.2) is 0 Å². The summed E-state index contributed by atoms with van der Waals surface area (Å²) in [6, 6.07) is 2.21. The Bertz CT molecular complexity index is 493. The van der Waals surface area contributed by atoms with E-state index in [0.29, 0.717) is 0 Å². The van der Waals surface area contributed by atoms with Gasteiger partial charge in [-0.1, -0.05) is 57.5 Å². The highest BCUT2D eigenvalue weighted by atomic mass is 79.9. The monoisotopic (exact) mass is 356 g/mol. The lowest BCUT2D eigenvalue weighted by atomic mass is 9.74. The average Bonchev–Trinajstić information content (AvgIpc) is 2.17. The molecule has 0 unspecified atom stereocenters. The Kier molecular flexibility index (Phi) is 5.19. The highest BCUT2D eigenvalue weighted by Gasteiger charge is 2.31. The van der Waals surface area contributed by atoms with Crippen LogP contribution in [0.15, 0.2) is 10.5 Å². The third kappa shape index (κ3) is 3.88. The fourth-order valence-corrected chi connectivity index (χ4v) is 4.51. The largest absolute Gasteiger partial charge is 0.547 e. The summed E-state index contributed by atoms with van der Waals surface area (Å²) in [5.41, 5.74) is 4.12. The molecule has 0 aliphatic carbocycles. The molecule has 20 heavy (non-hydrogen) atoms. The van der Waals surface area contributed by atoms with Crippen molar-refractivity contribution in [3.63, 3.8) is 0 Å². The van der Waals surface area contributed by atoms with Crippen LogP contribution in [0.1, 0.15) is 58.2 Å². The average molecular weight is 357 g/mol. The predicted molar refractivity (Wildman–Crippen MR) is 95.8 cm³/mol. The molecule has 0 heterocycles. The smallest absolute Gasteiger partial charge is 0.229 e. The van der Waals surface area contributed by atoms with Crippen molar-refractivity contribution in [2.75, 3.05) is 0 Å². The van der Waals surface area contributed by atoms with Gasteiger partial charge in [0.1, 0.15) is 5.75 Å². The van der Waals surface area contributed by atoms with E-state index in [0.717, 1.165) is 5.75 Å². The van der Waals surface area contributed by atoms with E-state index in [9.17, 15) is 0 Å². The van der Waals surface area contributed by atoms with Crippen LogP contribution in [0.2, 0.25) is 13.1 Å². The Morgan fingerprint density at radius 3 is 1.75 bits per heavy atom. The first kappa shape index (κ1) is 17.8. The van der Waals surface area contributed by atoms with Crippen LogP contribution in [0.3, 0.4) is 0 Å².